The Kier molecular flexibility index (Phi) is 9.10. The largest absolute Gasteiger partial charge is 0.444 e. The van der Waals surface area contributed by atoms with Crippen LogP contribution in [0.2, 0.25) is 0 Å². The highest BCUT2D eigenvalue weighted by atomic mass is 16.6. The molecule has 1 aliphatic carbocycles. The van der Waals surface area contributed by atoms with Crippen LogP contribution in [0, 0.1) is 6.92 Å². The van der Waals surface area contributed by atoms with Crippen molar-refractivity contribution < 1.29 is 19.1 Å². The van der Waals surface area contributed by atoms with E-state index in [0.29, 0.717) is 6.54 Å². The molecule has 7 heteroatoms. The number of unbranched alkanes of at least 4 members (excludes halogenated alkanes) is 2. The molecule has 0 radical (unpaired) electrons. The van der Waals surface area contributed by atoms with E-state index in [2.05, 4.69) is 17.6 Å². The van der Waals surface area contributed by atoms with Gasteiger partial charge in [-0.05, 0) is 65.0 Å². The molecule has 0 heterocycles. The number of aryl methyl sites for hydroxylation is 1. The highest BCUT2D eigenvalue weighted by Crippen LogP contribution is 2.36. The number of carbonyl (C=O) groups excluding carboxylic acids is 3. The lowest BCUT2D eigenvalue weighted by molar-refractivity contribution is -0.142. The smallest absolute Gasteiger partial charge is 0.408 e. The molecular weight excluding hydrogens is 406 g/mol. The Morgan fingerprint density at radius 1 is 1.16 bits per heavy atom. The summed E-state index contributed by atoms with van der Waals surface area (Å²) in [6.45, 7) is 11.6. The second-order valence-corrected chi connectivity index (χ2v) is 9.60. The molecule has 2 unspecified atom stereocenters. The number of ether oxygens (including phenoxy) is 1. The fourth-order valence-electron chi connectivity index (χ4n) is 3.63. The Labute approximate surface area is 192 Å². The Morgan fingerprint density at radius 2 is 1.81 bits per heavy atom. The van der Waals surface area contributed by atoms with Gasteiger partial charge in [0.15, 0.2) is 0 Å². The second-order valence-electron chi connectivity index (χ2n) is 9.60. The van der Waals surface area contributed by atoms with Crippen LogP contribution in [0.1, 0.15) is 83.9 Å². The Bertz CT molecular complexity index is 799. The minimum absolute atomic E-state index is 0.0172. The number of benzene rings is 1. The monoisotopic (exact) mass is 445 g/mol. The van der Waals surface area contributed by atoms with E-state index in [1.165, 1.54) is 0 Å². The fourth-order valence-corrected chi connectivity index (χ4v) is 3.63. The van der Waals surface area contributed by atoms with Crippen LogP contribution in [0.25, 0.3) is 0 Å². The summed E-state index contributed by atoms with van der Waals surface area (Å²) in [4.78, 5) is 40.8. The molecule has 2 N–H and O–H groups in total. The Hall–Kier alpha value is -2.57. The molecule has 0 spiro atoms. The van der Waals surface area contributed by atoms with Crippen molar-refractivity contribution in [3.8, 4) is 0 Å². The van der Waals surface area contributed by atoms with Gasteiger partial charge in [0.1, 0.15) is 17.7 Å². The molecule has 1 saturated carbocycles. The van der Waals surface area contributed by atoms with Crippen molar-refractivity contribution in [3.63, 3.8) is 0 Å². The third-order valence-corrected chi connectivity index (χ3v) is 5.39. The lowest BCUT2D eigenvalue weighted by Gasteiger charge is -2.34. The van der Waals surface area contributed by atoms with Crippen LogP contribution in [0.5, 0.6) is 0 Å². The van der Waals surface area contributed by atoms with Gasteiger partial charge >= 0.3 is 6.09 Å². The van der Waals surface area contributed by atoms with E-state index in [1.807, 2.05) is 31.2 Å². The van der Waals surface area contributed by atoms with Crippen molar-refractivity contribution in [3.05, 3.63) is 35.4 Å². The van der Waals surface area contributed by atoms with E-state index in [4.69, 9.17) is 4.74 Å². The number of alkyl carbamates (subject to hydrolysis) is 1. The van der Waals surface area contributed by atoms with Gasteiger partial charge in [0, 0.05) is 12.6 Å². The summed E-state index contributed by atoms with van der Waals surface area (Å²) in [7, 11) is 0. The number of amides is 3. The second kappa shape index (κ2) is 11.3. The van der Waals surface area contributed by atoms with Gasteiger partial charge in [0.05, 0.1) is 0 Å². The van der Waals surface area contributed by atoms with E-state index in [-0.39, 0.29) is 17.9 Å². The van der Waals surface area contributed by atoms with Gasteiger partial charge in [-0.3, -0.25) is 9.59 Å². The molecule has 0 saturated heterocycles. The summed E-state index contributed by atoms with van der Waals surface area (Å²) in [6.07, 6.45) is 4.05. The van der Waals surface area contributed by atoms with E-state index < -0.39 is 23.8 Å². The summed E-state index contributed by atoms with van der Waals surface area (Å²) < 4.78 is 5.30. The summed E-state index contributed by atoms with van der Waals surface area (Å²) in [6, 6.07) is 6.09. The summed E-state index contributed by atoms with van der Waals surface area (Å²) in [5, 5.41) is 5.66. The van der Waals surface area contributed by atoms with Crippen LogP contribution in [0.4, 0.5) is 4.79 Å². The predicted molar refractivity (Wildman–Crippen MR) is 125 cm³/mol. The number of hydrogen-bond acceptors (Lipinski definition) is 4. The van der Waals surface area contributed by atoms with E-state index in [0.717, 1.165) is 43.2 Å². The minimum Gasteiger partial charge on any atom is -0.444 e. The zero-order valence-corrected chi connectivity index (χ0v) is 20.4. The maximum atomic E-state index is 13.5. The average molecular weight is 446 g/mol. The van der Waals surface area contributed by atoms with Crippen molar-refractivity contribution in [1.29, 1.82) is 0 Å². The first-order valence-corrected chi connectivity index (χ1v) is 11.7. The summed E-state index contributed by atoms with van der Waals surface area (Å²) >= 11 is 0. The highest BCUT2D eigenvalue weighted by molar-refractivity contribution is 5.92. The van der Waals surface area contributed by atoms with Crippen LogP contribution >= 0.6 is 0 Å². The molecule has 7 nitrogen and oxygen atoms in total. The molecule has 1 aliphatic rings. The van der Waals surface area contributed by atoms with Crippen LogP contribution in [-0.4, -0.2) is 47.0 Å². The van der Waals surface area contributed by atoms with Crippen LogP contribution in [-0.2, 0) is 14.3 Å². The molecule has 0 aliphatic heterocycles. The molecule has 1 fully saturated rings. The minimum atomic E-state index is -0.815. The van der Waals surface area contributed by atoms with Crippen LogP contribution < -0.4 is 10.6 Å². The van der Waals surface area contributed by atoms with Crippen molar-refractivity contribution in [2.24, 2.45) is 0 Å². The number of rotatable bonds is 10. The average Bonchev–Trinajstić information content (AvgIpc) is 3.53. The lowest BCUT2D eigenvalue weighted by atomic mass is 9.98. The molecule has 178 valence electrons. The quantitative estimate of drug-likeness (QED) is 0.527. The number of nitrogens with zero attached hydrogens (tertiary/aromatic N) is 1. The topological polar surface area (TPSA) is 87.7 Å². The highest BCUT2D eigenvalue weighted by Gasteiger charge is 2.43. The molecule has 2 rings (SSSR count). The Balaban J connectivity index is 2.27. The molecule has 3 amide bonds. The van der Waals surface area contributed by atoms with E-state index >= 15 is 0 Å². The zero-order valence-electron chi connectivity index (χ0n) is 20.4. The molecule has 1 aromatic carbocycles. The van der Waals surface area contributed by atoms with Gasteiger partial charge in [-0.25, -0.2) is 4.79 Å². The molecule has 2 atom stereocenters. The van der Waals surface area contributed by atoms with Crippen LogP contribution in [0.15, 0.2) is 24.3 Å². The maximum Gasteiger partial charge on any atom is 0.408 e. The summed E-state index contributed by atoms with van der Waals surface area (Å²) in [5.41, 5.74) is 1.10. The molecule has 0 aromatic heterocycles. The Morgan fingerprint density at radius 3 is 2.38 bits per heavy atom. The van der Waals surface area contributed by atoms with E-state index in [1.54, 1.807) is 32.6 Å². The molecule has 32 heavy (non-hydrogen) atoms. The van der Waals surface area contributed by atoms with Gasteiger partial charge in [-0.15, -0.1) is 0 Å². The van der Waals surface area contributed by atoms with Crippen LogP contribution in [0.3, 0.4) is 0 Å². The fraction of sp³-hybridized carbons (Fsp3) is 0.640. The van der Waals surface area contributed by atoms with Gasteiger partial charge in [-0.2, -0.15) is 0 Å². The van der Waals surface area contributed by atoms with Crippen molar-refractivity contribution in [2.75, 3.05) is 6.54 Å². The van der Waals surface area contributed by atoms with Gasteiger partial charge in [-0.1, -0.05) is 44.0 Å². The zero-order chi connectivity index (χ0) is 23.9. The normalized spacial score (nSPS) is 15.4. The lowest BCUT2D eigenvalue weighted by Crippen LogP contribution is -2.52. The third kappa shape index (κ3) is 7.53. The summed E-state index contributed by atoms with van der Waals surface area (Å²) in [5.74, 6) is -0.463. The van der Waals surface area contributed by atoms with Crippen molar-refractivity contribution in [2.45, 2.75) is 97.4 Å². The maximum absolute atomic E-state index is 13.5. The first kappa shape index (κ1) is 25.7. The SMILES string of the molecule is CCCCCNC(=O)C(c1ccccc1C)N(C(=O)C(C)NC(=O)OC(C)(C)C)C1CC1. The third-order valence-electron chi connectivity index (χ3n) is 5.39. The van der Waals surface area contributed by atoms with Crippen molar-refractivity contribution in [1.82, 2.24) is 15.5 Å². The number of nitrogens with one attached hydrogen (secondary N) is 2. The molecular formula is C25H39N3O4. The van der Waals surface area contributed by atoms with Gasteiger partial charge in [0.25, 0.3) is 0 Å². The van der Waals surface area contributed by atoms with E-state index in [9.17, 15) is 14.4 Å². The number of carbonyl (C=O) groups is 3. The van der Waals surface area contributed by atoms with Gasteiger partial charge in [0.2, 0.25) is 11.8 Å². The first-order chi connectivity index (χ1) is 15.0. The predicted octanol–water partition coefficient (Wildman–Crippen LogP) is 4.25. The van der Waals surface area contributed by atoms with Crippen molar-refractivity contribution >= 4 is 17.9 Å². The first-order valence-electron chi connectivity index (χ1n) is 11.7. The molecule has 0 bridgehead atoms. The van der Waals surface area contributed by atoms with Gasteiger partial charge < -0.3 is 20.3 Å². The molecule has 1 aromatic rings. The standard InChI is InChI=1S/C25H39N3O4/c1-7-8-11-16-26-22(29)21(20-13-10-9-12-17(20)2)28(19-14-15-19)23(30)18(3)27-24(31)32-25(4,5)6/h9-10,12-13,18-19,21H,7-8,11,14-16H2,1-6H3,(H,26,29)(H,27,31). The number of hydrogen-bond donors (Lipinski definition) is 2.